The average Bonchev–Trinajstić information content (AvgIpc) is 2.28. The van der Waals surface area contributed by atoms with E-state index >= 15 is 0 Å². The van der Waals surface area contributed by atoms with Crippen LogP contribution in [0.15, 0.2) is 24.3 Å². The highest BCUT2D eigenvalue weighted by molar-refractivity contribution is 7.85. The van der Waals surface area contributed by atoms with Crippen molar-refractivity contribution < 1.29 is 13.7 Å². The zero-order chi connectivity index (χ0) is 14.6. The molecule has 2 unspecified atom stereocenters. The van der Waals surface area contributed by atoms with Crippen molar-refractivity contribution in [1.82, 2.24) is 0 Å². The molecule has 0 saturated heterocycles. The molecular formula is C15H22O3S. The lowest BCUT2D eigenvalue weighted by molar-refractivity contribution is -0.153. The fourth-order valence-electron chi connectivity index (χ4n) is 1.54. The van der Waals surface area contributed by atoms with Crippen molar-refractivity contribution in [3.8, 4) is 0 Å². The van der Waals surface area contributed by atoms with Crippen LogP contribution in [0.25, 0.3) is 0 Å². The second kappa shape index (κ2) is 6.33. The maximum absolute atomic E-state index is 12.2. The minimum absolute atomic E-state index is 0.382. The maximum Gasteiger partial charge on any atom is 0.321 e. The van der Waals surface area contributed by atoms with Gasteiger partial charge in [0.15, 0.2) is 0 Å². The topological polar surface area (TPSA) is 43.4 Å². The van der Waals surface area contributed by atoms with Gasteiger partial charge < -0.3 is 4.74 Å². The number of hydrogen-bond donors (Lipinski definition) is 0. The molecule has 0 spiro atoms. The maximum atomic E-state index is 12.2. The van der Waals surface area contributed by atoms with Crippen LogP contribution in [0.4, 0.5) is 0 Å². The number of carbonyl (C=O) groups excluding carboxylic acids is 1. The molecule has 0 fully saturated rings. The van der Waals surface area contributed by atoms with E-state index in [4.69, 9.17) is 4.74 Å². The normalized spacial score (nSPS) is 14.8. The smallest absolute Gasteiger partial charge is 0.321 e. The summed E-state index contributed by atoms with van der Waals surface area (Å²) in [5.41, 5.74) is 1.56. The lowest BCUT2D eigenvalue weighted by atomic mass is 10.1. The third-order valence-electron chi connectivity index (χ3n) is 2.69. The summed E-state index contributed by atoms with van der Waals surface area (Å²) in [5.74, 6) is -0.0213. The fraction of sp³-hybridized carbons (Fsp3) is 0.533. The van der Waals surface area contributed by atoms with E-state index in [1.807, 2.05) is 52.0 Å². The standard InChI is InChI=1S/C15H22O3S/c1-11-8-6-7-9-13(11)10-19(17)12(2)14(16)18-15(3,4)5/h6-9,12H,10H2,1-5H3. The Hall–Kier alpha value is -1.16. The Bertz CT molecular complexity index is 475. The third-order valence-corrected chi connectivity index (χ3v) is 4.27. The van der Waals surface area contributed by atoms with Crippen LogP contribution in [0, 0.1) is 6.92 Å². The molecule has 1 rings (SSSR count). The second-order valence-corrected chi connectivity index (χ2v) is 7.38. The van der Waals surface area contributed by atoms with E-state index in [2.05, 4.69) is 0 Å². The van der Waals surface area contributed by atoms with E-state index in [0.717, 1.165) is 11.1 Å². The number of aryl methyl sites for hydroxylation is 1. The number of carbonyl (C=O) groups is 1. The van der Waals surface area contributed by atoms with E-state index in [0.29, 0.717) is 5.75 Å². The van der Waals surface area contributed by atoms with Gasteiger partial charge in [0.1, 0.15) is 10.9 Å². The number of rotatable bonds is 4. The molecular weight excluding hydrogens is 260 g/mol. The Kier molecular flexibility index (Phi) is 5.29. The highest BCUT2D eigenvalue weighted by atomic mass is 32.2. The van der Waals surface area contributed by atoms with Gasteiger partial charge >= 0.3 is 5.97 Å². The summed E-state index contributed by atoms with van der Waals surface area (Å²) >= 11 is 0. The van der Waals surface area contributed by atoms with Crippen LogP contribution in [0.5, 0.6) is 0 Å². The van der Waals surface area contributed by atoms with Gasteiger partial charge in [0, 0.05) is 16.6 Å². The molecule has 0 aliphatic heterocycles. The predicted octanol–water partition coefficient (Wildman–Crippen LogP) is 2.97. The molecule has 4 heteroatoms. The first kappa shape index (κ1) is 15.9. The Morgan fingerprint density at radius 2 is 1.89 bits per heavy atom. The van der Waals surface area contributed by atoms with Gasteiger partial charge in [-0.3, -0.25) is 9.00 Å². The van der Waals surface area contributed by atoms with E-state index in [9.17, 15) is 9.00 Å². The minimum Gasteiger partial charge on any atom is -0.459 e. The van der Waals surface area contributed by atoms with Gasteiger partial charge in [-0.05, 0) is 45.7 Å². The SMILES string of the molecule is Cc1ccccc1CS(=O)C(C)C(=O)OC(C)(C)C. The van der Waals surface area contributed by atoms with Gasteiger partial charge in [-0.25, -0.2) is 0 Å². The number of benzene rings is 1. The lowest BCUT2D eigenvalue weighted by Crippen LogP contribution is -2.33. The highest BCUT2D eigenvalue weighted by Gasteiger charge is 2.26. The number of esters is 1. The summed E-state index contributed by atoms with van der Waals surface area (Å²) in [7, 11) is -1.27. The van der Waals surface area contributed by atoms with E-state index in [1.165, 1.54) is 0 Å². The molecule has 0 aliphatic carbocycles. The van der Waals surface area contributed by atoms with Crippen molar-refractivity contribution in [1.29, 1.82) is 0 Å². The quantitative estimate of drug-likeness (QED) is 0.797. The van der Waals surface area contributed by atoms with Crippen molar-refractivity contribution in [2.24, 2.45) is 0 Å². The molecule has 0 aliphatic rings. The highest BCUT2D eigenvalue weighted by Crippen LogP contribution is 2.15. The Morgan fingerprint density at radius 1 is 1.32 bits per heavy atom. The van der Waals surface area contributed by atoms with Crippen LogP contribution < -0.4 is 0 Å². The summed E-state index contributed by atoms with van der Waals surface area (Å²) in [4.78, 5) is 11.9. The summed E-state index contributed by atoms with van der Waals surface area (Å²) in [5, 5.41) is -0.612. The molecule has 1 aromatic rings. The summed E-state index contributed by atoms with van der Waals surface area (Å²) < 4.78 is 17.5. The van der Waals surface area contributed by atoms with Crippen molar-refractivity contribution in [3.63, 3.8) is 0 Å². The first-order valence-electron chi connectivity index (χ1n) is 6.35. The van der Waals surface area contributed by atoms with Crippen molar-refractivity contribution in [2.75, 3.05) is 0 Å². The van der Waals surface area contributed by atoms with Crippen molar-refractivity contribution in [2.45, 2.75) is 51.2 Å². The van der Waals surface area contributed by atoms with Crippen LogP contribution in [0.1, 0.15) is 38.8 Å². The van der Waals surface area contributed by atoms with Crippen LogP contribution in [-0.4, -0.2) is 21.0 Å². The Labute approximate surface area is 117 Å². The second-order valence-electron chi connectivity index (χ2n) is 5.63. The lowest BCUT2D eigenvalue weighted by Gasteiger charge is -2.22. The predicted molar refractivity (Wildman–Crippen MR) is 78.3 cm³/mol. The van der Waals surface area contributed by atoms with Gasteiger partial charge in [0.05, 0.1) is 0 Å². The van der Waals surface area contributed by atoms with Crippen molar-refractivity contribution >= 4 is 16.8 Å². The molecule has 1 aromatic carbocycles. The van der Waals surface area contributed by atoms with Crippen LogP contribution in [0.3, 0.4) is 0 Å². The van der Waals surface area contributed by atoms with Gasteiger partial charge in [0.2, 0.25) is 0 Å². The van der Waals surface area contributed by atoms with E-state index in [-0.39, 0.29) is 0 Å². The molecule has 0 bridgehead atoms. The van der Waals surface area contributed by atoms with E-state index < -0.39 is 27.6 Å². The zero-order valence-corrected chi connectivity index (χ0v) is 13.0. The van der Waals surface area contributed by atoms with Crippen LogP contribution in [0.2, 0.25) is 0 Å². The van der Waals surface area contributed by atoms with Gasteiger partial charge in [-0.15, -0.1) is 0 Å². The van der Waals surface area contributed by atoms with Gasteiger partial charge in [-0.1, -0.05) is 24.3 Å². The largest absolute Gasteiger partial charge is 0.459 e. The summed E-state index contributed by atoms with van der Waals surface area (Å²) in [6.07, 6.45) is 0. The molecule has 0 saturated carbocycles. The first-order valence-corrected chi connectivity index (χ1v) is 7.73. The van der Waals surface area contributed by atoms with Crippen LogP contribution >= 0.6 is 0 Å². The van der Waals surface area contributed by atoms with Crippen molar-refractivity contribution in [3.05, 3.63) is 35.4 Å². The molecule has 0 heterocycles. The minimum atomic E-state index is -1.27. The van der Waals surface area contributed by atoms with Gasteiger partial charge in [0.25, 0.3) is 0 Å². The molecule has 0 radical (unpaired) electrons. The summed E-state index contributed by atoms with van der Waals surface area (Å²) in [6.45, 7) is 9.05. The molecule has 2 atom stereocenters. The molecule has 106 valence electrons. The fourth-order valence-corrected chi connectivity index (χ4v) is 2.69. The average molecular weight is 282 g/mol. The summed E-state index contributed by atoms with van der Waals surface area (Å²) in [6, 6.07) is 7.77. The first-order chi connectivity index (χ1) is 8.70. The zero-order valence-electron chi connectivity index (χ0n) is 12.2. The Balaban J connectivity index is 2.68. The Morgan fingerprint density at radius 3 is 2.42 bits per heavy atom. The number of hydrogen-bond acceptors (Lipinski definition) is 3. The third kappa shape index (κ3) is 5.15. The van der Waals surface area contributed by atoms with Gasteiger partial charge in [-0.2, -0.15) is 0 Å². The number of ether oxygens (including phenoxy) is 1. The molecule has 0 aromatic heterocycles. The molecule has 3 nitrogen and oxygen atoms in total. The van der Waals surface area contributed by atoms with E-state index in [1.54, 1.807) is 6.92 Å². The molecule has 0 N–H and O–H groups in total. The monoisotopic (exact) mass is 282 g/mol. The molecule has 0 amide bonds. The van der Waals surface area contributed by atoms with Crippen LogP contribution in [-0.2, 0) is 26.1 Å². The molecule has 19 heavy (non-hydrogen) atoms.